The molecule has 14 nitrogen and oxygen atoms in total. The summed E-state index contributed by atoms with van der Waals surface area (Å²) in [5, 5.41) is 121. The molecule has 10 rings (SSSR count). The quantitative estimate of drug-likeness (QED) is 0.132. The van der Waals surface area contributed by atoms with Crippen LogP contribution in [0.1, 0.15) is 149 Å². The smallest absolute Gasteiger partial charge is 0.182 e. The van der Waals surface area contributed by atoms with Crippen LogP contribution in [0.4, 0.5) is 0 Å². The number of dihydropyridines is 1. The number of aliphatic hydroxyl groups excluding tert-OH is 5. The van der Waals surface area contributed by atoms with Gasteiger partial charge in [0.2, 0.25) is 0 Å². The number of ether oxygens (including phenoxy) is 1. The molecular formula is C55H85N3O11. The Bertz CT molecular complexity index is 2060. The van der Waals surface area contributed by atoms with Crippen molar-refractivity contribution in [3.8, 4) is 0 Å². The zero-order valence-electron chi connectivity index (χ0n) is 41.2. The lowest BCUT2D eigenvalue weighted by Gasteiger charge is -2.67. The molecule has 0 bridgehead atoms. The number of rotatable bonds is 11. The molecule has 8 aliphatic carbocycles. The fraction of sp³-hybridized carbons (Fsp3) is 0.836. The summed E-state index contributed by atoms with van der Waals surface area (Å²) in [6, 6.07) is 0. The van der Waals surface area contributed by atoms with Gasteiger partial charge in [-0.25, -0.2) is 0 Å². The maximum absolute atomic E-state index is 15.8. The van der Waals surface area contributed by atoms with Gasteiger partial charge in [0.25, 0.3) is 0 Å². The lowest BCUT2D eigenvalue weighted by atomic mass is 9.39. The third kappa shape index (κ3) is 7.84. The number of aliphatic hydroxyl groups is 9. The van der Waals surface area contributed by atoms with E-state index in [4.69, 9.17) is 10.5 Å². The van der Waals surface area contributed by atoms with Crippen LogP contribution >= 0.6 is 0 Å². The molecule has 0 aromatic heterocycles. The van der Waals surface area contributed by atoms with Crippen LogP contribution in [0.25, 0.3) is 0 Å². The van der Waals surface area contributed by atoms with E-state index in [2.05, 4.69) is 17.6 Å². The summed E-state index contributed by atoms with van der Waals surface area (Å²) in [6.07, 6.45) is 15.8. The van der Waals surface area contributed by atoms with Gasteiger partial charge in [-0.05, 0) is 150 Å². The second-order valence-electron chi connectivity index (χ2n) is 24.6. The van der Waals surface area contributed by atoms with Gasteiger partial charge in [-0.1, -0.05) is 63.7 Å². The highest BCUT2D eigenvalue weighted by atomic mass is 16.5. The Balaban J connectivity index is 1.12. The van der Waals surface area contributed by atoms with Crippen molar-refractivity contribution in [2.24, 2.45) is 63.9 Å². The molecule has 0 amide bonds. The van der Waals surface area contributed by atoms with Crippen molar-refractivity contribution < 1.29 is 55.5 Å². The molecule has 20 atom stereocenters. The normalized spacial score (nSPS) is 48.8. The lowest BCUT2D eigenvalue weighted by Crippen LogP contribution is -2.73. The van der Waals surface area contributed by atoms with E-state index in [1.165, 1.54) is 0 Å². The highest BCUT2D eigenvalue weighted by Gasteiger charge is 2.79. The molecule has 14 heteroatoms. The molecular weight excluding hydrogens is 879 g/mol. The van der Waals surface area contributed by atoms with Gasteiger partial charge < -0.3 is 67.1 Å². The second-order valence-corrected chi connectivity index (χ2v) is 24.6. The Morgan fingerprint density at radius 3 is 2.43 bits per heavy atom. The molecule has 0 aromatic rings. The van der Waals surface area contributed by atoms with Gasteiger partial charge in [-0.3, -0.25) is 4.79 Å². The van der Waals surface area contributed by atoms with Gasteiger partial charge in [0.05, 0.1) is 65.3 Å². The molecule has 69 heavy (non-hydrogen) atoms. The van der Waals surface area contributed by atoms with Gasteiger partial charge in [0, 0.05) is 48.4 Å². The van der Waals surface area contributed by atoms with E-state index in [0.717, 1.165) is 76.2 Å². The van der Waals surface area contributed by atoms with E-state index in [0.29, 0.717) is 25.2 Å². The molecule has 13 N–H and O–H groups in total. The molecule has 1 spiro atoms. The van der Waals surface area contributed by atoms with Crippen LogP contribution in [-0.2, 0) is 9.53 Å². The molecule has 0 aromatic carbocycles. The standard InChI is InChI=1S/C55H85N3O11/c1-3-8-31-12-15-35-41(16-13-31)69-49-44(35)37(60)11-7-20-55(49,68)50(2,65)42-19-22-54(67)45-46(58-29-40(63)32-9-5-4-6-10-32)47(64)36-25-38(61)39(62)27-51(36)26-33(34-14-17-43(56)57-28-34)18-21-53(66,48(45)51)30-52(42,54)23-24-59/h14,17-18,21,28,31-33,35-44,48-49,57-63,65-68H,3-13,15-16,19-20,22-27,29-30,56H2,1-2H3/t31-,33-,35-,36+,37-,38-,39+,40+,41-,42-,43?,44-,48+,49-,50-,51+,52-,53-,54-,55-/m1/s1. The predicted molar refractivity (Wildman–Crippen MR) is 258 cm³/mol. The number of ketones is 1. The van der Waals surface area contributed by atoms with Gasteiger partial charge >= 0.3 is 0 Å². The third-order valence-corrected chi connectivity index (χ3v) is 21.2. The first-order valence-corrected chi connectivity index (χ1v) is 27.4. The van der Waals surface area contributed by atoms with Crippen molar-refractivity contribution in [2.45, 2.75) is 214 Å². The number of carbonyl (C=O) groups is 1. The molecule has 10 aliphatic rings. The van der Waals surface area contributed by atoms with E-state index in [9.17, 15) is 46.0 Å². The monoisotopic (exact) mass is 964 g/mol. The first-order valence-electron chi connectivity index (χ1n) is 27.4. The SMILES string of the molecule is CCC[C@@H]1CC[C@H]2[C@@H]3[C@H](O)CCC[C@](O)([C@](C)(O)[C@H]4CC[C@@]5(O)C6=C(NC[C@H](O)C7CCCCC7)C(=O)[C@@H]7C[C@@H](O)[C@@H](O)C[C@@]78C[C@H](C7=CNC(N)C=C7)C=C[C@@](O)(C[C@]45CCO)[C@@H]68)[C@@H]3O[C@@H]2CC1. The Morgan fingerprint density at radius 2 is 1.71 bits per heavy atom. The molecule has 386 valence electrons. The topological polar surface area (TPSA) is 258 Å². The summed E-state index contributed by atoms with van der Waals surface area (Å²) in [5.74, 6) is -3.39. The summed E-state index contributed by atoms with van der Waals surface area (Å²) >= 11 is 0. The minimum absolute atomic E-state index is 0.00368. The number of hydrogen-bond acceptors (Lipinski definition) is 14. The Morgan fingerprint density at radius 1 is 0.942 bits per heavy atom. The molecule has 2 heterocycles. The van der Waals surface area contributed by atoms with Gasteiger partial charge in [0.1, 0.15) is 5.60 Å². The molecule has 6 saturated carbocycles. The molecule has 1 saturated heterocycles. The summed E-state index contributed by atoms with van der Waals surface area (Å²) in [5.41, 5.74) is -3.03. The first kappa shape index (κ1) is 50.3. The average molecular weight is 964 g/mol. The number of nitrogens with two attached hydrogens (primary N) is 1. The van der Waals surface area contributed by atoms with Crippen molar-refractivity contribution >= 4 is 5.78 Å². The summed E-state index contributed by atoms with van der Waals surface area (Å²) in [4.78, 5) is 15.8. The van der Waals surface area contributed by atoms with E-state index in [1.54, 1.807) is 13.0 Å². The van der Waals surface area contributed by atoms with Crippen LogP contribution in [0, 0.1) is 58.2 Å². The van der Waals surface area contributed by atoms with Gasteiger partial charge in [-0.2, -0.15) is 0 Å². The highest BCUT2D eigenvalue weighted by Crippen LogP contribution is 2.75. The number of hydrogen-bond donors (Lipinski definition) is 12. The van der Waals surface area contributed by atoms with Crippen LogP contribution in [0.3, 0.4) is 0 Å². The van der Waals surface area contributed by atoms with Crippen molar-refractivity contribution in [3.05, 3.63) is 47.3 Å². The average Bonchev–Trinajstić information content (AvgIpc) is 3.66. The lowest BCUT2D eigenvalue weighted by molar-refractivity contribution is -0.267. The molecule has 1 unspecified atom stereocenters. The minimum Gasteiger partial charge on any atom is -0.396 e. The fourth-order valence-electron chi connectivity index (χ4n) is 18.0. The molecule has 2 aliphatic heterocycles. The Hall–Kier alpha value is -2.21. The van der Waals surface area contributed by atoms with Crippen LogP contribution in [-0.4, -0.2) is 130 Å². The van der Waals surface area contributed by atoms with Crippen LogP contribution in [0.5, 0.6) is 0 Å². The highest BCUT2D eigenvalue weighted by molar-refractivity contribution is 6.00. The van der Waals surface area contributed by atoms with Crippen molar-refractivity contribution in [1.82, 2.24) is 10.6 Å². The maximum Gasteiger partial charge on any atom is 0.182 e. The van der Waals surface area contributed by atoms with E-state index in [-0.39, 0.29) is 92.4 Å². The molecule has 7 fully saturated rings. The zero-order valence-corrected chi connectivity index (χ0v) is 41.2. The third-order valence-electron chi connectivity index (χ3n) is 21.2. The van der Waals surface area contributed by atoms with E-state index >= 15 is 4.79 Å². The van der Waals surface area contributed by atoms with Crippen molar-refractivity contribution in [2.75, 3.05) is 13.2 Å². The van der Waals surface area contributed by atoms with Crippen molar-refractivity contribution in [1.29, 1.82) is 0 Å². The van der Waals surface area contributed by atoms with Crippen LogP contribution in [0.15, 0.2) is 47.3 Å². The summed E-state index contributed by atoms with van der Waals surface area (Å²) in [7, 11) is 0. The van der Waals surface area contributed by atoms with Gasteiger partial charge in [0.15, 0.2) is 5.78 Å². The summed E-state index contributed by atoms with van der Waals surface area (Å²) < 4.78 is 7.02. The second kappa shape index (κ2) is 18.6. The largest absolute Gasteiger partial charge is 0.396 e. The predicted octanol–water partition coefficient (Wildman–Crippen LogP) is 3.65. The Kier molecular flexibility index (Phi) is 13.6. The first-order chi connectivity index (χ1) is 32.9. The Labute approximate surface area is 408 Å². The summed E-state index contributed by atoms with van der Waals surface area (Å²) in [6.45, 7) is 3.43. The number of carbonyl (C=O) groups excluding carboxylic acids is 1. The maximum atomic E-state index is 15.8. The van der Waals surface area contributed by atoms with E-state index < -0.39 is 100 Å². The number of Topliss-reactive ketones (excluding diaryl/α,β-unsaturated/α-hetero) is 1. The van der Waals surface area contributed by atoms with Crippen molar-refractivity contribution in [3.63, 3.8) is 0 Å². The van der Waals surface area contributed by atoms with Crippen LogP contribution in [0.2, 0.25) is 0 Å². The number of nitrogens with one attached hydrogen (secondary N) is 2. The minimum atomic E-state index is -2.01. The number of allylic oxidation sites excluding steroid dienone is 4. The van der Waals surface area contributed by atoms with Gasteiger partial charge in [-0.15, -0.1) is 0 Å². The zero-order chi connectivity index (χ0) is 48.9. The van der Waals surface area contributed by atoms with Crippen LogP contribution < -0.4 is 16.4 Å². The molecule has 0 radical (unpaired) electrons. The number of fused-ring (bicyclic) bond motifs is 5. The van der Waals surface area contributed by atoms with E-state index in [1.807, 2.05) is 24.4 Å². The fourth-order valence-corrected chi connectivity index (χ4v) is 18.0.